The van der Waals surface area contributed by atoms with Crippen molar-refractivity contribution in [2.75, 3.05) is 0 Å². The van der Waals surface area contributed by atoms with Crippen LogP contribution in [-0.4, -0.2) is 5.11 Å². The summed E-state index contributed by atoms with van der Waals surface area (Å²) in [7, 11) is 0. The molecular weight excluding hydrogens is 177 g/mol. The van der Waals surface area contributed by atoms with Gasteiger partial charge in [-0.2, -0.15) is 13.2 Å². The van der Waals surface area contributed by atoms with Gasteiger partial charge in [0.25, 0.3) is 0 Å². The lowest BCUT2D eigenvalue weighted by Crippen LogP contribution is -2.04. The van der Waals surface area contributed by atoms with Gasteiger partial charge >= 0.3 is 6.18 Å². The van der Waals surface area contributed by atoms with Gasteiger partial charge in [-0.3, -0.25) is 0 Å². The van der Waals surface area contributed by atoms with Gasteiger partial charge in [0, 0.05) is 5.56 Å². The van der Waals surface area contributed by atoms with Gasteiger partial charge in [0.05, 0.1) is 6.61 Å². The Balaban J connectivity index is 3.02. The summed E-state index contributed by atoms with van der Waals surface area (Å²) in [6.45, 7) is -0.557. The fourth-order valence-corrected chi connectivity index (χ4v) is 1.49. The van der Waals surface area contributed by atoms with Crippen LogP contribution in [0.4, 0.5) is 13.2 Å². The fourth-order valence-electron chi connectivity index (χ4n) is 0.709. The van der Waals surface area contributed by atoms with E-state index in [1.807, 2.05) is 0 Å². The number of hydrogen-bond donors (Lipinski definition) is 1. The fraction of sp³-hybridized carbons (Fsp3) is 0.333. The van der Waals surface area contributed by atoms with Crippen molar-refractivity contribution < 1.29 is 18.3 Å². The molecule has 0 aliphatic heterocycles. The minimum absolute atomic E-state index is 0.0532. The Labute approximate surface area is 65.1 Å². The van der Waals surface area contributed by atoms with E-state index in [9.17, 15) is 13.2 Å². The van der Waals surface area contributed by atoms with Gasteiger partial charge in [0.15, 0.2) is 0 Å². The van der Waals surface area contributed by atoms with Crippen molar-refractivity contribution in [1.29, 1.82) is 0 Å². The first-order chi connectivity index (χ1) is 5.05. The van der Waals surface area contributed by atoms with Gasteiger partial charge in [0.2, 0.25) is 0 Å². The van der Waals surface area contributed by atoms with Gasteiger partial charge in [0.1, 0.15) is 4.88 Å². The van der Waals surface area contributed by atoms with Gasteiger partial charge in [-0.25, -0.2) is 0 Å². The zero-order valence-electron chi connectivity index (χ0n) is 5.35. The number of halogens is 3. The molecule has 11 heavy (non-hydrogen) atoms. The van der Waals surface area contributed by atoms with E-state index in [1.165, 1.54) is 11.4 Å². The standard InChI is InChI=1S/C6H5F3OS/c7-6(8,9)5-4(3-10)1-2-11-5/h1-2,10H,3H2. The molecular formula is C6H5F3OS. The van der Waals surface area contributed by atoms with Crippen LogP contribution in [0.25, 0.3) is 0 Å². The second kappa shape index (κ2) is 2.83. The molecule has 5 heteroatoms. The molecule has 1 rings (SSSR count). The maximum Gasteiger partial charge on any atom is 0.425 e. The molecule has 0 aliphatic carbocycles. The van der Waals surface area contributed by atoms with E-state index < -0.39 is 17.7 Å². The summed E-state index contributed by atoms with van der Waals surface area (Å²) in [6.07, 6.45) is -4.33. The number of thiophene rings is 1. The Hall–Kier alpha value is -0.550. The topological polar surface area (TPSA) is 20.2 Å². The summed E-state index contributed by atoms with van der Waals surface area (Å²) in [5, 5.41) is 9.79. The van der Waals surface area contributed by atoms with E-state index >= 15 is 0 Å². The molecule has 0 bridgehead atoms. The Kier molecular flexibility index (Phi) is 2.20. The highest BCUT2D eigenvalue weighted by Crippen LogP contribution is 2.35. The number of rotatable bonds is 1. The minimum Gasteiger partial charge on any atom is -0.392 e. The first-order valence-corrected chi connectivity index (χ1v) is 3.68. The summed E-state index contributed by atoms with van der Waals surface area (Å²) in [5.74, 6) is 0. The molecule has 0 atom stereocenters. The maximum absolute atomic E-state index is 12.0. The van der Waals surface area contributed by atoms with Gasteiger partial charge in [-0.05, 0) is 11.4 Å². The molecule has 0 aliphatic rings. The van der Waals surface area contributed by atoms with Gasteiger partial charge in [-0.1, -0.05) is 0 Å². The van der Waals surface area contributed by atoms with Crippen LogP contribution in [-0.2, 0) is 12.8 Å². The van der Waals surface area contributed by atoms with Crippen LogP contribution in [0.2, 0.25) is 0 Å². The zero-order valence-corrected chi connectivity index (χ0v) is 6.17. The predicted octanol–water partition coefficient (Wildman–Crippen LogP) is 2.26. The Morgan fingerprint density at radius 2 is 2.09 bits per heavy atom. The summed E-state index contributed by atoms with van der Waals surface area (Å²) < 4.78 is 35.9. The van der Waals surface area contributed by atoms with Crippen molar-refractivity contribution >= 4 is 11.3 Å². The first kappa shape index (κ1) is 8.55. The zero-order chi connectivity index (χ0) is 8.48. The lowest BCUT2D eigenvalue weighted by molar-refractivity contribution is -0.135. The lowest BCUT2D eigenvalue weighted by Gasteiger charge is -2.04. The van der Waals surface area contributed by atoms with Crippen molar-refractivity contribution in [2.45, 2.75) is 12.8 Å². The maximum atomic E-state index is 12.0. The van der Waals surface area contributed by atoms with Gasteiger partial charge in [-0.15, -0.1) is 11.3 Å². The molecule has 1 aromatic rings. The summed E-state index contributed by atoms with van der Waals surface area (Å²) >= 11 is 0.596. The van der Waals surface area contributed by atoms with Crippen molar-refractivity contribution in [3.05, 3.63) is 21.9 Å². The van der Waals surface area contributed by atoms with Crippen LogP contribution in [0.5, 0.6) is 0 Å². The number of aliphatic hydroxyl groups is 1. The van der Waals surface area contributed by atoms with Crippen LogP contribution in [0.3, 0.4) is 0 Å². The smallest absolute Gasteiger partial charge is 0.392 e. The van der Waals surface area contributed by atoms with Crippen LogP contribution in [0.1, 0.15) is 10.4 Å². The largest absolute Gasteiger partial charge is 0.425 e. The third kappa shape index (κ3) is 1.72. The van der Waals surface area contributed by atoms with Crippen molar-refractivity contribution in [1.82, 2.24) is 0 Å². The average Bonchev–Trinajstić information content (AvgIpc) is 2.31. The molecule has 0 fully saturated rings. The molecule has 0 aromatic carbocycles. The normalized spacial score (nSPS) is 12.0. The predicted molar refractivity (Wildman–Crippen MR) is 35.2 cm³/mol. The summed E-state index contributed by atoms with van der Waals surface area (Å²) in [6, 6.07) is 1.27. The number of aliphatic hydroxyl groups excluding tert-OH is 1. The Bertz CT molecular complexity index is 240. The highest BCUT2D eigenvalue weighted by atomic mass is 32.1. The van der Waals surface area contributed by atoms with Crippen molar-refractivity contribution in [3.63, 3.8) is 0 Å². The quantitative estimate of drug-likeness (QED) is 0.706. The average molecular weight is 182 g/mol. The van der Waals surface area contributed by atoms with E-state index in [0.717, 1.165) is 0 Å². The molecule has 1 heterocycles. The molecule has 1 N–H and O–H groups in total. The van der Waals surface area contributed by atoms with Crippen LogP contribution < -0.4 is 0 Å². The van der Waals surface area contributed by atoms with E-state index in [-0.39, 0.29) is 5.56 Å². The monoisotopic (exact) mass is 182 g/mol. The van der Waals surface area contributed by atoms with Crippen LogP contribution >= 0.6 is 11.3 Å². The second-order valence-electron chi connectivity index (χ2n) is 1.93. The Morgan fingerprint density at radius 1 is 1.45 bits per heavy atom. The molecule has 0 saturated heterocycles. The molecule has 62 valence electrons. The third-order valence-corrected chi connectivity index (χ3v) is 2.18. The van der Waals surface area contributed by atoms with Crippen molar-refractivity contribution in [2.24, 2.45) is 0 Å². The number of hydrogen-bond acceptors (Lipinski definition) is 2. The van der Waals surface area contributed by atoms with Crippen molar-refractivity contribution in [3.8, 4) is 0 Å². The third-order valence-electron chi connectivity index (χ3n) is 1.17. The molecule has 1 nitrogen and oxygen atoms in total. The highest BCUT2D eigenvalue weighted by Gasteiger charge is 2.34. The molecule has 0 radical (unpaired) electrons. The van der Waals surface area contributed by atoms with E-state index in [1.54, 1.807) is 0 Å². The van der Waals surface area contributed by atoms with Gasteiger partial charge < -0.3 is 5.11 Å². The van der Waals surface area contributed by atoms with E-state index in [2.05, 4.69) is 0 Å². The lowest BCUT2D eigenvalue weighted by atomic mass is 10.3. The summed E-state index contributed by atoms with van der Waals surface area (Å²) in [4.78, 5) is -0.708. The molecule has 1 aromatic heterocycles. The number of alkyl halides is 3. The van der Waals surface area contributed by atoms with Crippen LogP contribution in [0.15, 0.2) is 11.4 Å². The second-order valence-corrected chi connectivity index (χ2v) is 2.85. The molecule has 0 saturated carbocycles. The van der Waals surface area contributed by atoms with E-state index in [4.69, 9.17) is 5.11 Å². The molecule has 0 unspecified atom stereocenters. The Morgan fingerprint density at radius 3 is 2.45 bits per heavy atom. The minimum atomic E-state index is -4.33. The summed E-state index contributed by atoms with van der Waals surface area (Å²) in [5.41, 5.74) is -0.0532. The molecule has 0 spiro atoms. The van der Waals surface area contributed by atoms with E-state index in [0.29, 0.717) is 11.3 Å². The SMILES string of the molecule is OCc1ccsc1C(F)(F)F. The van der Waals surface area contributed by atoms with Crippen LogP contribution in [0, 0.1) is 0 Å². The highest BCUT2D eigenvalue weighted by molar-refractivity contribution is 7.10. The molecule has 0 amide bonds. The first-order valence-electron chi connectivity index (χ1n) is 2.80.